The Kier molecular flexibility index (Phi) is 6.48. The van der Waals surface area contributed by atoms with Crippen molar-refractivity contribution >= 4 is 0 Å². The smallest absolute Gasteiger partial charge is 0.122 e. The third kappa shape index (κ3) is 4.73. The van der Waals surface area contributed by atoms with Crippen LogP contribution in [0.15, 0.2) is 42.5 Å². The molecule has 0 fully saturated rings. The first-order valence-electron chi connectivity index (χ1n) is 8.33. The van der Waals surface area contributed by atoms with Crippen LogP contribution in [0.1, 0.15) is 36.5 Å². The predicted molar refractivity (Wildman–Crippen MR) is 95.5 cm³/mol. The van der Waals surface area contributed by atoms with Gasteiger partial charge in [-0.05, 0) is 68.6 Å². The minimum atomic E-state index is 0.308. The molecule has 3 heteroatoms. The molecule has 2 N–H and O–H groups in total. The monoisotopic (exact) mass is 313 g/mol. The minimum absolute atomic E-state index is 0.308. The molecule has 1 unspecified atom stereocenters. The molecule has 0 amide bonds. The number of aryl methyl sites for hydroxylation is 1. The SMILES string of the molecule is CCOc1ccc(CC(CN)c2ccc(OCC)c(C)c2)cc1. The van der Waals surface area contributed by atoms with Crippen LogP contribution in [-0.4, -0.2) is 19.8 Å². The normalized spacial score (nSPS) is 12.0. The van der Waals surface area contributed by atoms with Crippen molar-refractivity contribution in [1.29, 1.82) is 0 Å². The molecule has 1 atom stereocenters. The van der Waals surface area contributed by atoms with Gasteiger partial charge in [0, 0.05) is 5.92 Å². The summed E-state index contributed by atoms with van der Waals surface area (Å²) in [7, 11) is 0. The van der Waals surface area contributed by atoms with Crippen LogP contribution in [0.5, 0.6) is 11.5 Å². The fourth-order valence-corrected chi connectivity index (χ4v) is 2.75. The van der Waals surface area contributed by atoms with Crippen LogP contribution in [0, 0.1) is 6.92 Å². The maximum absolute atomic E-state index is 6.02. The summed E-state index contributed by atoms with van der Waals surface area (Å²) in [6.45, 7) is 8.08. The number of rotatable bonds is 8. The quantitative estimate of drug-likeness (QED) is 0.798. The highest BCUT2D eigenvalue weighted by Crippen LogP contribution is 2.26. The number of hydrogen-bond donors (Lipinski definition) is 1. The van der Waals surface area contributed by atoms with E-state index in [4.69, 9.17) is 15.2 Å². The van der Waals surface area contributed by atoms with Crippen molar-refractivity contribution in [2.75, 3.05) is 19.8 Å². The summed E-state index contributed by atoms with van der Waals surface area (Å²) in [5, 5.41) is 0. The second kappa shape index (κ2) is 8.59. The lowest BCUT2D eigenvalue weighted by Gasteiger charge is -2.17. The van der Waals surface area contributed by atoms with Crippen molar-refractivity contribution in [2.24, 2.45) is 5.73 Å². The van der Waals surface area contributed by atoms with E-state index < -0.39 is 0 Å². The summed E-state index contributed by atoms with van der Waals surface area (Å²) in [4.78, 5) is 0. The lowest BCUT2D eigenvalue weighted by atomic mass is 9.91. The molecular weight excluding hydrogens is 286 g/mol. The van der Waals surface area contributed by atoms with E-state index in [1.807, 2.05) is 26.0 Å². The molecule has 0 aliphatic rings. The van der Waals surface area contributed by atoms with Gasteiger partial charge >= 0.3 is 0 Å². The highest BCUT2D eigenvalue weighted by molar-refractivity contribution is 5.38. The summed E-state index contributed by atoms with van der Waals surface area (Å²) >= 11 is 0. The highest BCUT2D eigenvalue weighted by atomic mass is 16.5. The molecule has 2 aromatic carbocycles. The molecular formula is C20H27NO2. The molecule has 0 radical (unpaired) electrons. The average Bonchev–Trinajstić information content (AvgIpc) is 2.56. The Hall–Kier alpha value is -2.00. The molecule has 0 heterocycles. The van der Waals surface area contributed by atoms with Gasteiger partial charge in [-0.1, -0.05) is 24.3 Å². The van der Waals surface area contributed by atoms with E-state index in [2.05, 4.69) is 37.3 Å². The maximum Gasteiger partial charge on any atom is 0.122 e. The van der Waals surface area contributed by atoms with E-state index in [0.29, 0.717) is 25.7 Å². The fourth-order valence-electron chi connectivity index (χ4n) is 2.75. The van der Waals surface area contributed by atoms with Crippen LogP contribution in [-0.2, 0) is 6.42 Å². The van der Waals surface area contributed by atoms with Crippen LogP contribution in [0.25, 0.3) is 0 Å². The van der Waals surface area contributed by atoms with Crippen LogP contribution in [0.4, 0.5) is 0 Å². The number of nitrogens with two attached hydrogens (primary N) is 1. The molecule has 124 valence electrons. The Morgan fingerprint density at radius 3 is 2.22 bits per heavy atom. The van der Waals surface area contributed by atoms with Crippen LogP contribution in [0.3, 0.4) is 0 Å². The molecule has 0 aliphatic carbocycles. The molecule has 0 bridgehead atoms. The van der Waals surface area contributed by atoms with Gasteiger partial charge in [-0.25, -0.2) is 0 Å². The Morgan fingerprint density at radius 2 is 1.65 bits per heavy atom. The Morgan fingerprint density at radius 1 is 0.957 bits per heavy atom. The molecule has 0 aliphatic heterocycles. The van der Waals surface area contributed by atoms with Gasteiger partial charge in [-0.15, -0.1) is 0 Å². The highest BCUT2D eigenvalue weighted by Gasteiger charge is 2.12. The van der Waals surface area contributed by atoms with Gasteiger partial charge in [0.15, 0.2) is 0 Å². The van der Waals surface area contributed by atoms with Crippen molar-refractivity contribution in [3.8, 4) is 11.5 Å². The number of benzene rings is 2. The van der Waals surface area contributed by atoms with Crippen molar-refractivity contribution in [3.63, 3.8) is 0 Å². The van der Waals surface area contributed by atoms with E-state index in [-0.39, 0.29) is 0 Å². The molecule has 0 saturated carbocycles. The summed E-state index contributed by atoms with van der Waals surface area (Å²) < 4.78 is 11.1. The fraction of sp³-hybridized carbons (Fsp3) is 0.400. The van der Waals surface area contributed by atoms with E-state index in [1.54, 1.807) is 0 Å². The third-order valence-electron chi connectivity index (χ3n) is 3.97. The summed E-state index contributed by atoms with van der Waals surface area (Å²) in [5.41, 5.74) is 9.72. The van der Waals surface area contributed by atoms with Gasteiger partial charge in [0.05, 0.1) is 13.2 Å². The lowest BCUT2D eigenvalue weighted by Crippen LogP contribution is -2.15. The molecule has 3 nitrogen and oxygen atoms in total. The second-order valence-electron chi connectivity index (χ2n) is 5.67. The van der Waals surface area contributed by atoms with Crippen molar-refractivity contribution in [2.45, 2.75) is 33.1 Å². The standard InChI is InChI=1S/C20H27NO2/c1-4-22-19-9-6-16(7-10-19)13-18(14-21)17-8-11-20(23-5-2)15(3)12-17/h6-12,18H,4-5,13-14,21H2,1-3H3. The van der Waals surface area contributed by atoms with Crippen LogP contribution < -0.4 is 15.2 Å². The Balaban J connectivity index is 2.11. The third-order valence-corrected chi connectivity index (χ3v) is 3.97. The van der Waals surface area contributed by atoms with E-state index in [9.17, 15) is 0 Å². The predicted octanol–water partition coefficient (Wildman–Crippen LogP) is 4.08. The second-order valence-corrected chi connectivity index (χ2v) is 5.67. The van der Waals surface area contributed by atoms with Gasteiger partial charge in [0.1, 0.15) is 11.5 Å². The summed E-state index contributed by atoms with van der Waals surface area (Å²) in [5.74, 6) is 2.17. The van der Waals surface area contributed by atoms with Crippen molar-refractivity contribution in [1.82, 2.24) is 0 Å². The van der Waals surface area contributed by atoms with Gasteiger partial charge in [0.25, 0.3) is 0 Å². The van der Waals surface area contributed by atoms with E-state index >= 15 is 0 Å². The van der Waals surface area contributed by atoms with Crippen molar-refractivity contribution < 1.29 is 9.47 Å². The lowest BCUT2D eigenvalue weighted by molar-refractivity contribution is 0.337. The zero-order valence-corrected chi connectivity index (χ0v) is 14.3. The first-order valence-corrected chi connectivity index (χ1v) is 8.33. The van der Waals surface area contributed by atoms with Gasteiger partial charge in [0.2, 0.25) is 0 Å². The van der Waals surface area contributed by atoms with E-state index in [0.717, 1.165) is 23.5 Å². The molecule has 2 rings (SSSR count). The molecule has 23 heavy (non-hydrogen) atoms. The van der Waals surface area contributed by atoms with Crippen LogP contribution in [0.2, 0.25) is 0 Å². The van der Waals surface area contributed by atoms with Crippen molar-refractivity contribution in [3.05, 3.63) is 59.2 Å². The van der Waals surface area contributed by atoms with Crippen LogP contribution >= 0.6 is 0 Å². The summed E-state index contributed by atoms with van der Waals surface area (Å²) in [6.07, 6.45) is 0.927. The molecule has 0 saturated heterocycles. The molecule has 0 aromatic heterocycles. The number of ether oxygens (including phenoxy) is 2. The Labute approximate surface area is 139 Å². The van der Waals surface area contributed by atoms with Gasteiger partial charge in [-0.3, -0.25) is 0 Å². The largest absolute Gasteiger partial charge is 0.494 e. The minimum Gasteiger partial charge on any atom is -0.494 e. The molecule has 2 aromatic rings. The van der Waals surface area contributed by atoms with Gasteiger partial charge in [-0.2, -0.15) is 0 Å². The topological polar surface area (TPSA) is 44.5 Å². The first kappa shape index (κ1) is 17.4. The maximum atomic E-state index is 6.02. The zero-order valence-electron chi connectivity index (χ0n) is 14.3. The average molecular weight is 313 g/mol. The molecule has 0 spiro atoms. The first-order chi connectivity index (χ1) is 11.2. The van der Waals surface area contributed by atoms with Gasteiger partial charge < -0.3 is 15.2 Å². The summed E-state index contributed by atoms with van der Waals surface area (Å²) in [6, 6.07) is 14.7. The zero-order chi connectivity index (χ0) is 16.7. The Bertz CT molecular complexity index is 608. The number of hydrogen-bond acceptors (Lipinski definition) is 3. The van der Waals surface area contributed by atoms with E-state index in [1.165, 1.54) is 11.1 Å².